The molecule has 2 rings (SSSR count). The summed E-state index contributed by atoms with van der Waals surface area (Å²) in [5, 5.41) is 2.60. The number of allylic oxidation sites excluding steroid dienone is 1. The van der Waals surface area contributed by atoms with E-state index in [9.17, 15) is 19.2 Å². The van der Waals surface area contributed by atoms with Crippen molar-refractivity contribution in [2.75, 3.05) is 13.2 Å². The number of hydrogen-bond donors (Lipinski definition) is 1. The third kappa shape index (κ3) is 5.48. The lowest BCUT2D eigenvalue weighted by molar-refractivity contribution is -0.143. The van der Waals surface area contributed by atoms with E-state index in [0.717, 1.165) is 4.90 Å². The molecule has 0 aliphatic carbocycles. The van der Waals surface area contributed by atoms with Crippen LogP contribution in [-0.4, -0.2) is 70.4 Å². The van der Waals surface area contributed by atoms with E-state index in [1.165, 1.54) is 4.90 Å². The Bertz CT molecular complexity index is 864. The van der Waals surface area contributed by atoms with E-state index in [1.807, 2.05) is 0 Å². The van der Waals surface area contributed by atoms with Crippen molar-refractivity contribution in [3.8, 4) is 0 Å². The van der Waals surface area contributed by atoms with Crippen LogP contribution >= 0.6 is 0 Å². The van der Waals surface area contributed by atoms with Crippen molar-refractivity contribution >= 4 is 24.0 Å². The predicted octanol–water partition coefficient (Wildman–Crippen LogP) is 3.16. The first-order valence-electron chi connectivity index (χ1n) is 11.1. The summed E-state index contributed by atoms with van der Waals surface area (Å²) < 4.78 is 16.8. The van der Waals surface area contributed by atoms with Crippen LogP contribution in [0.4, 0.5) is 9.59 Å². The zero-order chi connectivity index (χ0) is 25.5. The minimum atomic E-state index is -1.13. The van der Waals surface area contributed by atoms with Crippen molar-refractivity contribution in [3.05, 3.63) is 11.3 Å². The van der Waals surface area contributed by atoms with Gasteiger partial charge in [0.15, 0.2) is 0 Å². The number of nitrogens with zero attached hydrogens (tertiary/aromatic N) is 2. The Morgan fingerprint density at radius 3 is 2.21 bits per heavy atom. The lowest BCUT2D eigenvalue weighted by Gasteiger charge is -2.44. The lowest BCUT2D eigenvalue weighted by Crippen LogP contribution is -2.65. The second-order valence-electron chi connectivity index (χ2n) is 10.7. The summed E-state index contributed by atoms with van der Waals surface area (Å²) in [4.78, 5) is 55.1. The molecule has 0 saturated carbocycles. The Morgan fingerprint density at radius 2 is 1.73 bits per heavy atom. The van der Waals surface area contributed by atoms with Gasteiger partial charge in [-0.2, -0.15) is 0 Å². The van der Waals surface area contributed by atoms with E-state index < -0.39 is 52.8 Å². The molecule has 2 aliphatic heterocycles. The van der Waals surface area contributed by atoms with Gasteiger partial charge in [0.05, 0.1) is 30.9 Å². The topological polar surface area (TPSA) is 114 Å². The Morgan fingerprint density at radius 1 is 1.15 bits per heavy atom. The summed E-state index contributed by atoms with van der Waals surface area (Å²) in [6.07, 6.45) is -0.676. The van der Waals surface area contributed by atoms with Gasteiger partial charge in [0.25, 0.3) is 0 Å². The molecular weight excluding hydrogens is 430 g/mol. The normalized spacial score (nSPS) is 23.4. The Hall–Kier alpha value is -2.62. The fourth-order valence-electron chi connectivity index (χ4n) is 3.92. The Labute approximate surface area is 195 Å². The molecule has 2 heterocycles. The largest absolute Gasteiger partial charge is 0.463 e. The van der Waals surface area contributed by atoms with Gasteiger partial charge in [0.1, 0.15) is 11.3 Å². The number of imide groups is 1. The molecule has 2 atom stereocenters. The van der Waals surface area contributed by atoms with Gasteiger partial charge in [0, 0.05) is 11.1 Å². The molecule has 186 valence electrons. The second kappa shape index (κ2) is 8.96. The number of hydrogen-bond acceptors (Lipinski definition) is 7. The zero-order valence-corrected chi connectivity index (χ0v) is 21.3. The molecule has 0 aromatic heterocycles. The molecule has 0 radical (unpaired) electrons. The fourth-order valence-corrected chi connectivity index (χ4v) is 3.92. The van der Waals surface area contributed by atoms with Gasteiger partial charge in [-0.1, -0.05) is 20.8 Å². The van der Waals surface area contributed by atoms with Gasteiger partial charge in [-0.25, -0.2) is 14.4 Å². The summed E-state index contributed by atoms with van der Waals surface area (Å²) >= 11 is 0. The fraction of sp³-hybridized carbons (Fsp3) is 0.739. The minimum absolute atomic E-state index is 0.0195. The van der Waals surface area contributed by atoms with Crippen LogP contribution in [0.15, 0.2) is 11.3 Å². The maximum atomic E-state index is 13.4. The number of rotatable bonds is 3. The average Bonchev–Trinajstić information content (AvgIpc) is 2.93. The third-order valence-electron chi connectivity index (χ3n) is 5.32. The number of nitrogens with one attached hydrogen (secondary N) is 1. The van der Waals surface area contributed by atoms with Crippen molar-refractivity contribution in [3.63, 3.8) is 0 Å². The SMILES string of the molecule is CCOC(=O)C1=C(C)NC(=O)N(C(=O)C(C)(C)C)[C@H]1[C@H]1COC(C)(C)N1C(=O)OC(C)(C)C. The summed E-state index contributed by atoms with van der Waals surface area (Å²) in [6.45, 7) is 16.9. The van der Waals surface area contributed by atoms with E-state index in [4.69, 9.17) is 14.2 Å². The highest BCUT2D eigenvalue weighted by Gasteiger charge is 2.56. The number of amides is 4. The highest BCUT2D eigenvalue weighted by Crippen LogP contribution is 2.38. The van der Waals surface area contributed by atoms with Crippen molar-refractivity contribution in [2.45, 2.75) is 92.6 Å². The Balaban J connectivity index is 2.70. The first-order valence-corrected chi connectivity index (χ1v) is 11.1. The first kappa shape index (κ1) is 26.6. The molecule has 0 unspecified atom stereocenters. The molecule has 0 bridgehead atoms. The van der Waals surface area contributed by atoms with Crippen LogP contribution in [-0.2, 0) is 23.8 Å². The molecule has 0 aromatic carbocycles. The van der Waals surface area contributed by atoms with Crippen LogP contribution in [0, 0.1) is 5.41 Å². The van der Waals surface area contributed by atoms with Crippen LogP contribution in [0.25, 0.3) is 0 Å². The molecule has 10 nitrogen and oxygen atoms in total. The van der Waals surface area contributed by atoms with E-state index >= 15 is 0 Å². The van der Waals surface area contributed by atoms with Crippen molar-refractivity contribution < 1.29 is 33.4 Å². The predicted molar refractivity (Wildman–Crippen MR) is 120 cm³/mol. The Kier molecular flexibility index (Phi) is 7.23. The minimum Gasteiger partial charge on any atom is -0.463 e. The number of esters is 1. The average molecular weight is 468 g/mol. The number of carbonyl (C=O) groups excluding carboxylic acids is 4. The monoisotopic (exact) mass is 467 g/mol. The van der Waals surface area contributed by atoms with Crippen LogP contribution in [0.3, 0.4) is 0 Å². The smallest absolute Gasteiger partial charge is 0.412 e. The van der Waals surface area contributed by atoms with Crippen LogP contribution < -0.4 is 5.32 Å². The van der Waals surface area contributed by atoms with Crippen molar-refractivity contribution in [2.24, 2.45) is 5.41 Å². The van der Waals surface area contributed by atoms with Crippen molar-refractivity contribution in [1.29, 1.82) is 0 Å². The number of urea groups is 1. The first-order chi connectivity index (χ1) is 14.9. The van der Waals surface area contributed by atoms with Crippen LogP contribution in [0.2, 0.25) is 0 Å². The highest BCUT2D eigenvalue weighted by atomic mass is 16.6. The quantitative estimate of drug-likeness (QED) is 0.634. The molecule has 10 heteroatoms. The number of ether oxygens (including phenoxy) is 3. The van der Waals surface area contributed by atoms with Gasteiger partial charge in [-0.3, -0.25) is 14.6 Å². The summed E-state index contributed by atoms with van der Waals surface area (Å²) in [6, 6.07) is -2.68. The van der Waals surface area contributed by atoms with E-state index in [0.29, 0.717) is 0 Å². The molecule has 2 aliphatic rings. The van der Waals surface area contributed by atoms with Crippen LogP contribution in [0.1, 0.15) is 69.2 Å². The molecule has 0 spiro atoms. The maximum Gasteiger partial charge on any atom is 0.412 e. The molecule has 1 N–H and O–H groups in total. The molecular formula is C23H37N3O7. The van der Waals surface area contributed by atoms with E-state index in [-0.39, 0.29) is 24.5 Å². The lowest BCUT2D eigenvalue weighted by atomic mass is 9.88. The molecule has 1 fully saturated rings. The van der Waals surface area contributed by atoms with Gasteiger partial charge in [-0.15, -0.1) is 0 Å². The molecule has 0 aromatic rings. The third-order valence-corrected chi connectivity index (χ3v) is 5.32. The maximum absolute atomic E-state index is 13.4. The molecule has 33 heavy (non-hydrogen) atoms. The van der Waals surface area contributed by atoms with E-state index in [2.05, 4.69) is 5.32 Å². The molecule has 4 amide bonds. The van der Waals surface area contributed by atoms with Gasteiger partial charge in [0.2, 0.25) is 5.91 Å². The number of carbonyl (C=O) groups is 4. The van der Waals surface area contributed by atoms with Gasteiger partial charge in [-0.05, 0) is 48.5 Å². The van der Waals surface area contributed by atoms with Crippen molar-refractivity contribution in [1.82, 2.24) is 15.1 Å². The van der Waals surface area contributed by atoms with Gasteiger partial charge < -0.3 is 19.5 Å². The molecule has 1 saturated heterocycles. The van der Waals surface area contributed by atoms with E-state index in [1.54, 1.807) is 69.2 Å². The second-order valence-corrected chi connectivity index (χ2v) is 10.7. The zero-order valence-electron chi connectivity index (χ0n) is 21.3. The standard InChI is InChI=1S/C23H37N3O7/c1-11-31-17(27)15-13(2)24-19(29)25(18(28)21(3,4)5)16(15)14-12-32-23(9,10)26(14)20(30)33-22(6,7)8/h14,16H,11-12H2,1-10H3,(H,24,29)/t14-,16+/m1/s1. The summed E-state index contributed by atoms with van der Waals surface area (Å²) in [7, 11) is 0. The highest BCUT2D eigenvalue weighted by molar-refractivity contribution is 6.03. The summed E-state index contributed by atoms with van der Waals surface area (Å²) in [5.41, 5.74) is -2.48. The van der Waals surface area contributed by atoms with Crippen LogP contribution in [0.5, 0.6) is 0 Å². The van der Waals surface area contributed by atoms with Gasteiger partial charge >= 0.3 is 18.1 Å². The summed E-state index contributed by atoms with van der Waals surface area (Å²) in [5.74, 6) is -1.19.